The molecule has 1 aliphatic rings. The van der Waals surface area contributed by atoms with Gasteiger partial charge in [-0.15, -0.1) is 0 Å². The van der Waals surface area contributed by atoms with Crippen molar-refractivity contribution in [2.75, 3.05) is 13.1 Å². The summed E-state index contributed by atoms with van der Waals surface area (Å²) in [5.74, 6) is 0. The van der Waals surface area contributed by atoms with E-state index in [-0.39, 0.29) is 6.54 Å². The van der Waals surface area contributed by atoms with Gasteiger partial charge in [-0.05, 0) is 51.3 Å². The van der Waals surface area contributed by atoms with Crippen LogP contribution in [0.5, 0.6) is 0 Å². The maximum atomic E-state index is 12.2. The topological polar surface area (TPSA) is 49.8 Å². The molecule has 1 aromatic carbocycles. The van der Waals surface area contributed by atoms with Crippen LogP contribution in [0.2, 0.25) is 10.0 Å². The van der Waals surface area contributed by atoms with Crippen molar-refractivity contribution in [1.29, 1.82) is 0 Å². The summed E-state index contributed by atoms with van der Waals surface area (Å²) in [4.78, 5) is 13.7. The van der Waals surface area contributed by atoms with Crippen molar-refractivity contribution in [2.24, 2.45) is 0 Å². The molecule has 122 valence electrons. The number of benzene rings is 1. The predicted molar refractivity (Wildman–Crippen MR) is 87.4 cm³/mol. The Labute approximate surface area is 141 Å². The molecule has 0 bridgehead atoms. The van der Waals surface area contributed by atoms with Crippen LogP contribution in [-0.4, -0.2) is 34.8 Å². The summed E-state index contributed by atoms with van der Waals surface area (Å²) >= 11 is 12.0. The summed E-state index contributed by atoms with van der Waals surface area (Å²) in [7, 11) is 0. The molecule has 6 heteroatoms. The third-order valence-electron chi connectivity index (χ3n) is 3.58. The van der Waals surface area contributed by atoms with E-state index in [1.807, 2.05) is 20.8 Å². The van der Waals surface area contributed by atoms with Crippen molar-refractivity contribution in [3.8, 4) is 0 Å². The van der Waals surface area contributed by atoms with E-state index < -0.39 is 17.3 Å². The highest BCUT2D eigenvalue weighted by Crippen LogP contribution is 2.35. The van der Waals surface area contributed by atoms with E-state index in [4.69, 9.17) is 27.9 Å². The van der Waals surface area contributed by atoms with Crippen LogP contribution in [0.25, 0.3) is 0 Å². The average molecular weight is 346 g/mol. The number of rotatable bonds is 1. The Bertz CT molecular complexity index is 571. The SMILES string of the molecule is CC(C)(C)OC(=O)N1CCCC(O)(c2ccc(Cl)c(Cl)c2)C1. The smallest absolute Gasteiger partial charge is 0.410 e. The molecule has 1 heterocycles. The number of nitrogens with zero attached hydrogens (tertiary/aromatic N) is 1. The van der Waals surface area contributed by atoms with Crippen LogP contribution in [0.4, 0.5) is 4.79 Å². The van der Waals surface area contributed by atoms with Crippen LogP contribution >= 0.6 is 23.2 Å². The summed E-state index contributed by atoms with van der Waals surface area (Å²) in [5, 5.41) is 11.8. The van der Waals surface area contributed by atoms with Gasteiger partial charge in [-0.2, -0.15) is 0 Å². The number of likely N-dealkylation sites (tertiary alicyclic amines) is 1. The molecule has 0 saturated carbocycles. The fraction of sp³-hybridized carbons (Fsp3) is 0.562. The van der Waals surface area contributed by atoms with Gasteiger partial charge in [0.2, 0.25) is 0 Å². The van der Waals surface area contributed by atoms with Gasteiger partial charge in [0.1, 0.15) is 11.2 Å². The van der Waals surface area contributed by atoms with Gasteiger partial charge >= 0.3 is 6.09 Å². The van der Waals surface area contributed by atoms with Crippen LogP contribution in [0.15, 0.2) is 18.2 Å². The number of piperidine rings is 1. The summed E-state index contributed by atoms with van der Waals surface area (Å²) in [6.45, 7) is 6.21. The fourth-order valence-electron chi connectivity index (χ4n) is 2.54. The first-order valence-corrected chi connectivity index (χ1v) is 8.02. The third kappa shape index (κ3) is 4.06. The number of aliphatic hydroxyl groups is 1. The second-order valence-corrected chi connectivity index (χ2v) is 7.48. The van der Waals surface area contributed by atoms with E-state index in [1.54, 1.807) is 18.2 Å². The Morgan fingerprint density at radius 1 is 1.32 bits per heavy atom. The normalized spacial score (nSPS) is 22.5. The van der Waals surface area contributed by atoms with E-state index in [0.717, 1.165) is 0 Å². The van der Waals surface area contributed by atoms with E-state index in [0.29, 0.717) is 35.0 Å². The Hall–Kier alpha value is -0.970. The highest BCUT2D eigenvalue weighted by molar-refractivity contribution is 6.42. The Morgan fingerprint density at radius 3 is 2.59 bits per heavy atom. The molecule has 1 aromatic rings. The van der Waals surface area contributed by atoms with Gasteiger partial charge in [-0.25, -0.2) is 4.79 Å². The second kappa shape index (κ2) is 6.26. The summed E-state index contributed by atoms with van der Waals surface area (Å²) in [5.41, 5.74) is -1.03. The largest absolute Gasteiger partial charge is 0.444 e. The third-order valence-corrected chi connectivity index (χ3v) is 4.32. The molecule has 0 spiro atoms. The number of carbonyl (C=O) groups is 1. The van der Waals surface area contributed by atoms with Crippen molar-refractivity contribution >= 4 is 29.3 Å². The number of carbonyl (C=O) groups excluding carboxylic acids is 1. The maximum absolute atomic E-state index is 12.2. The molecule has 0 radical (unpaired) electrons. The van der Waals surface area contributed by atoms with Crippen molar-refractivity contribution < 1.29 is 14.6 Å². The minimum absolute atomic E-state index is 0.180. The van der Waals surface area contributed by atoms with E-state index in [2.05, 4.69) is 0 Å². The van der Waals surface area contributed by atoms with Crippen molar-refractivity contribution in [2.45, 2.75) is 44.8 Å². The van der Waals surface area contributed by atoms with Gasteiger partial charge in [0.25, 0.3) is 0 Å². The molecule has 1 N–H and O–H groups in total. The average Bonchev–Trinajstić information content (AvgIpc) is 2.40. The number of hydrogen-bond donors (Lipinski definition) is 1. The minimum Gasteiger partial charge on any atom is -0.444 e. The summed E-state index contributed by atoms with van der Waals surface area (Å²) in [6.07, 6.45) is 0.839. The highest BCUT2D eigenvalue weighted by Gasteiger charge is 2.38. The predicted octanol–water partition coefficient (Wildman–Crippen LogP) is 4.21. The Kier molecular flexibility index (Phi) is 4.95. The number of β-amino-alcohol motifs (C(OH)–C–C–N with tert-alkyl or cyclic N) is 1. The fourth-order valence-corrected chi connectivity index (χ4v) is 2.84. The van der Waals surface area contributed by atoms with Crippen molar-refractivity contribution in [1.82, 2.24) is 4.90 Å². The van der Waals surface area contributed by atoms with Crippen LogP contribution in [-0.2, 0) is 10.3 Å². The van der Waals surface area contributed by atoms with Gasteiger partial charge < -0.3 is 14.7 Å². The van der Waals surface area contributed by atoms with Crippen molar-refractivity contribution in [3.63, 3.8) is 0 Å². The zero-order valence-corrected chi connectivity index (χ0v) is 14.5. The van der Waals surface area contributed by atoms with Gasteiger partial charge in [0.05, 0.1) is 16.6 Å². The first-order chi connectivity index (χ1) is 10.1. The van der Waals surface area contributed by atoms with Crippen LogP contribution in [0, 0.1) is 0 Å². The summed E-state index contributed by atoms with van der Waals surface area (Å²) in [6, 6.07) is 5.05. The zero-order valence-electron chi connectivity index (χ0n) is 13.0. The van der Waals surface area contributed by atoms with Gasteiger partial charge in [0.15, 0.2) is 0 Å². The molecule has 1 unspecified atom stereocenters. The van der Waals surface area contributed by atoms with E-state index in [9.17, 15) is 9.90 Å². The maximum Gasteiger partial charge on any atom is 0.410 e. The highest BCUT2D eigenvalue weighted by atomic mass is 35.5. The van der Waals surface area contributed by atoms with Crippen LogP contribution < -0.4 is 0 Å². The lowest BCUT2D eigenvalue weighted by Gasteiger charge is -2.40. The monoisotopic (exact) mass is 345 g/mol. The molecule has 1 aliphatic heterocycles. The molecule has 4 nitrogen and oxygen atoms in total. The standard InChI is InChI=1S/C16H21Cl2NO3/c1-15(2,3)22-14(20)19-8-4-7-16(21,10-19)11-5-6-12(17)13(18)9-11/h5-6,9,21H,4,7-8,10H2,1-3H3. The van der Waals surface area contributed by atoms with Gasteiger partial charge in [-0.1, -0.05) is 29.3 Å². The van der Waals surface area contributed by atoms with Crippen LogP contribution in [0.3, 0.4) is 0 Å². The zero-order chi connectivity index (χ0) is 16.5. The molecule has 0 aromatic heterocycles. The van der Waals surface area contributed by atoms with Crippen molar-refractivity contribution in [3.05, 3.63) is 33.8 Å². The number of hydrogen-bond acceptors (Lipinski definition) is 3. The van der Waals surface area contributed by atoms with Gasteiger partial charge in [-0.3, -0.25) is 0 Å². The molecule has 1 saturated heterocycles. The number of halogens is 2. The first kappa shape index (κ1) is 17.4. The molecular formula is C16H21Cl2NO3. The summed E-state index contributed by atoms with van der Waals surface area (Å²) < 4.78 is 5.38. The molecule has 22 heavy (non-hydrogen) atoms. The minimum atomic E-state index is -1.14. The molecule has 1 fully saturated rings. The second-order valence-electron chi connectivity index (χ2n) is 6.67. The molecule has 1 amide bonds. The number of ether oxygens (including phenoxy) is 1. The molecular weight excluding hydrogens is 325 g/mol. The molecule has 1 atom stereocenters. The quantitative estimate of drug-likeness (QED) is 0.829. The van der Waals surface area contributed by atoms with E-state index >= 15 is 0 Å². The molecule has 2 rings (SSSR count). The van der Waals surface area contributed by atoms with E-state index in [1.165, 1.54) is 4.90 Å². The first-order valence-electron chi connectivity index (χ1n) is 7.27. The lowest BCUT2D eigenvalue weighted by atomic mass is 9.86. The lowest BCUT2D eigenvalue weighted by molar-refractivity contribution is -0.0465. The van der Waals surface area contributed by atoms with Gasteiger partial charge in [0, 0.05) is 6.54 Å². The number of amides is 1. The van der Waals surface area contributed by atoms with Crippen LogP contribution in [0.1, 0.15) is 39.2 Å². The Balaban J connectivity index is 2.18. The Morgan fingerprint density at radius 2 is 2.00 bits per heavy atom. The molecule has 0 aliphatic carbocycles. The lowest BCUT2D eigenvalue weighted by Crippen LogP contribution is -2.49.